The molecule has 13 rings (SSSR count). The van der Waals surface area contributed by atoms with Crippen molar-refractivity contribution in [2.24, 2.45) is 0 Å². The van der Waals surface area contributed by atoms with Gasteiger partial charge in [-0.15, -0.1) is 11.3 Å². The lowest BCUT2D eigenvalue weighted by Crippen LogP contribution is -1.92. The first kappa shape index (κ1) is 37.5. The van der Waals surface area contributed by atoms with Crippen LogP contribution in [-0.2, 0) is 0 Å². The van der Waals surface area contributed by atoms with Gasteiger partial charge in [0, 0.05) is 20.2 Å². The molecule has 0 nitrogen and oxygen atoms in total. The molecule has 0 radical (unpaired) electrons. The predicted molar refractivity (Wildman–Crippen MR) is 282 cm³/mol. The largest absolute Gasteiger partial charge is 0.135 e. The fraction of sp³-hybridized carbons (Fsp3) is 0. The molecule has 0 N–H and O–H groups in total. The van der Waals surface area contributed by atoms with Crippen LogP contribution in [0.15, 0.2) is 243 Å². The molecular formula is C64H40S. The first-order chi connectivity index (χ1) is 32.3. The summed E-state index contributed by atoms with van der Waals surface area (Å²) in [6, 6.07) is 89.8. The Balaban J connectivity index is 1.07. The minimum atomic E-state index is 1.21. The van der Waals surface area contributed by atoms with Gasteiger partial charge in [0.05, 0.1) is 0 Å². The molecule has 0 saturated carbocycles. The van der Waals surface area contributed by atoms with Crippen molar-refractivity contribution >= 4 is 74.6 Å². The van der Waals surface area contributed by atoms with Gasteiger partial charge in [-0.3, -0.25) is 0 Å². The van der Waals surface area contributed by atoms with Crippen molar-refractivity contribution in [3.63, 3.8) is 0 Å². The Kier molecular flexibility index (Phi) is 8.82. The third kappa shape index (κ3) is 6.12. The number of hydrogen-bond donors (Lipinski definition) is 0. The molecule has 1 aromatic heterocycles. The van der Waals surface area contributed by atoms with Crippen molar-refractivity contribution in [2.75, 3.05) is 0 Å². The highest BCUT2D eigenvalue weighted by Gasteiger charge is 2.22. The van der Waals surface area contributed by atoms with E-state index in [4.69, 9.17) is 0 Å². The first-order valence-electron chi connectivity index (χ1n) is 22.4. The molecule has 0 aliphatic rings. The van der Waals surface area contributed by atoms with Crippen LogP contribution in [-0.4, -0.2) is 0 Å². The number of rotatable bonds is 6. The van der Waals surface area contributed by atoms with Crippen LogP contribution in [0.5, 0.6) is 0 Å². The second kappa shape index (κ2) is 15.3. The maximum Gasteiger partial charge on any atom is 0.0361 e. The molecular weight excluding hydrogens is 801 g/mol. The fourth-order valence-corrected chi connectivity index (χ4v) is 11.8. The van der Waals surface area contributed by atoms with Crippen molar-refractivity contribution < 1.29 is 0 Å². The van der Waals surface area contributed by atoms with Crippen molar-refractivity contribution in [2.45, 2.75) is 0 Å². The second-order valence-electron chi connectivity index (χ2n) is 17.1. The molecule has 0 atom stereocenters. The molecule has 0 bridgehead atoms. The van der Waals surface area contributed by atoms with Gasteiger partial charge in [-0.05, 0) is 146 Å². The summed E-state index contributed by atoms with van der Waals surface area (Å²) in [6.07, 6.45) is 0. The number of hydrogen-bond acceptors (Lipinski definition) is 1. The summed E-state index contributed by atoms with van der Waals surface area (Å²) >= 11 is 1.89. The van der Waals surface area contributed by atoms with Gasteiger partial charge in [-0.2, -0.15) is 0 Å². The third-order valence-corrected chi connectivity index (χ3v) is 14.6. The summed E-state index contributed by atoms with van der Waals surface area (Å²) in [6.45, 7) is 0. The van der Waals surface area contributed by atoms with Gasteiger partial charge in [0.15, 0.2) is 0 Å². The highest BCUT2D eigenvalue weighted by molar-refractivity contribution is 7.26. The van der Waals surface area contributed by atoms with E-state index in [2.05, 4.69) is 243 Å². The molecule has 0 aliphatic carbocycles. The molecule has 0 unspecified atom stereocenters. The summed E-state index contributed by atoms with van der Waals surface area (Å²) in [5.41, 5.74) is 14.9. The van der Waals surface area contributed by atoms with E-state index >= 15 is 0 Å². The minimum Gasteiger partial charge on any atom is -0.135 e. The number of benzene rings is 12. The smallest absolute Gasteiger partial charge is 0.0361 e. The van der Waals surface area contributed by atoms with Gasteiger partial charge in [0.25, 0.3) is 0 Å². The van der Waals surface area contributed by atoms with E-state index in [-0.39, 0.29) is 0 Å². The maximum atomic E-state index is 2.48. The maximum absolute atomic E-state index is 2.48. The van der Waals surface area contributed by atoms with Crippen LogP contribution >= 0.6 is 11.3 Å². The molecule has 0 saturated heterocycles. The summed E-state index contributed by atoms with van der Waals surface area (Å²) in [5.74, 6) is 0. The monoisotopic (exact) mass is 840 g/mol. The molecule has 1 heterocycles. The molecule has 0 amide bonds. The SMILES string of the molecule is c1ccc(-c2cc(-c3ccccc3)cc(-c3c4ccccc4c(-c4ccc5sc6cccc(-c7c8ccccc8c(-c8ccccc8)c8ccccc78)c6c5c4)c4ccccc34)c2)cc1. The van der Waals surface area contributed by atoms with E-state index in [9.17, 15) is 0 Å². The Labute approximate surface area is 382 Å². The molecule has 65 heavy (non-hydrogen) atoms. The van der Waals surface area contributed by atoms with Gasteiger partial charge in [0.1, 0.15) is 0 Å². The zero-order valence-electron chi connectivity index (χ0n) is 35.5. The Bertz CT molecular complexity index is 3800. The lowest BCUT2D eigenvalue weighted by Gasteiger charge is -2.19. The van der Waals surface area contributed by atoms with Crippen LogP contribution in [0.1, 0.15) is 0 Å². The quantitative estimate of drug-likeness (QED) is 0.146. The van der Waals surface area contributed by atoms with Crippen LogP contribution in [0.3, 0.4) is 0 Å². The van der Waals surface area contributed by atoms with E-state index in [0.29, 0.717) is 0 Å². The zero-order valence-corrected chi connectivity index (χ0v) is 36.3. The predicted octanol–water partition coefficient (Wildman–Crippen LogP) is 18.7. The van der Waals surface area contributed by atoms with Gasteiger partial charge >= 0.3 is 0 Å². The van der Waals surface area contributed by atoms with E-state index in [0.717, 1.165) is 0 Å². The lowest BCUT2D eigenvalue weighted by atomic mass is 9.83. The molecule has 12 aromatic carbocycles. The van der Waals surface area contributed by atoms with Crippen molar-refractivity contribution in [3.05, 3.63) is 243 Å². The summed E-state index contributed by atoms with van der Waals surface area (Å²) < 4.78 is 2.59. The topological polar surface area (TPSA) is 0 Å². The highest BCUT2D eigenvalue weighted by atomic mass is 32.1. The van der Waals surface area contributed by atoms with E-state index in [1.807, 2.05) is 11.3 Å². The number of thiophene rings is 1. The van der Waals surface area contributed by atoms with E-state index in [1.165, 1.54) is 130 Å². The standard InChI is InChI=1S/C64H40S/c1-4-19-41(20-5-1)45-37-46(42-21-6-2-7-22-42)39-47(38-45)62-50-27-12-10-25-48(50)61(49-26-11-13-28-51(49)62)44-35-36-58-57(40-44)64-56(33-18-34-59(64)65-58)63-54-31-16-14-29-52(54)60(43-23-8-3-9-24-43)53-30-15-17-32-55(53)63/h1-40H. The average Bonchev–Trinajstić information content (AvgIpc) is 3.76. The van der Waals surface area contributed by atoms with Crippen LogP contribution < -0.4 is 0 Å². The Morgan fingerprint density at radius 1 is 0.200 bits per heavy atom. The van der Waals surface area contributed by atoms with Crippen molar-refractivity contribution in [1.29, 1.82) is 0 Å². The van der Waals surface area contributed by atoms with E-state index in [1.54, 1.807) is 0 Å². The molecule has 0 spiro atoms. The summed E-state index contributed by atoms with van der Waals surface area (Å²) in [5, 5.41) is 12.7. The average molecular weight is 841 g/mol. The fourth-order valence-electron chi connectivity index (χ4n) is 10.6. The Morgan fingerprint density at radius 2 is 0.585 bits per heavy atom. The van der Waals surface area contributed by atoms with Gasteiger partial charge in [-0.25, -0.2) is 0 Å². The van der Waals surface area contributed by atoms with Crippen LogP contribution in [0.2, 0.25) is 0 Å². The van der Waals surface area contributed by atoms with Gasteiger partial charge in [0.2, 0.25) is 0 Å². The molecule has 302 valence electrons. The first-order valence-corrected chi connectivity index (χ1v) is 23.2. The van der Waals surface area contributed by atoms with Crippen molar-refractivity contribution in [1.82, 2.24) is 0 Å². The summed E-state index contributed by atoms with van der Waals surface area (Å²) in [7, 11) is 0. The van der Waals surface area contributed by atoms with Crippen LogP contribution in [0.25, 0.3) is 130 Å². The number of fused-ring (bicyclic) bond motifs is 7. The van der Waals surface area contributed by atoms with Crippen LogP contribution in [0, 0.1) is 0 Å². The minimum absolute atomic E-state index is 1.21. The highest BCUT2D eigenvalue weighted by Crippen LogP contribution is 2.50. The third-order valence-electron chi connectivity index (χ3n) is 13.4. The summed E-state index contributed by atoms with van der Waals surface area (Å²) in [4.78, 5) is 0. The normalized spacial score (nSPS) is 11.7. The Morgan fingerprint density at radius 3 is 1.06 bits per heavy atom. The lowest BCUT2D eigenvalue weighted by molar-refractivity contribution is 1.58. The second-order valence-corrected chi connectivity index (χ2v) is 18.2. The van der Waals surface area contributed by atoms with Gasteiger partial charge < -0.3 is 0 Å². The molecule has 13 aromatic rings. The van der Waals surface area contributed by atoms with E-state index < -0.39 is 0 Å². The molecule has 1 heteroatoms. The van der Waals surface area contributed by atoms with Crippen molar-refractivity contribution in [3.8, 4) is 66.8 Å². The zero-order chi connectivity index (χ0) is 42.8. The molecule has 0 aliphatic heterocycles. The molecule has 0 fully saturated rings. The Hall–Kier alpha value is -8.10. The van der Waals surface area contributed by atoms with Gasteiger partial charge in [-0.1, -0.05) is 206 Å². The van der Waals surface area contributed by atoms with Crippen LogP contribution in [0.4, 0.5) is 0 Å².